The van der Waals surface area contributed by atoms with Gasteiger partial charge in [-0.2, -0.15) is 0 Å². The number of aromatic nitrogens is 10. The van der Waals surface area contributed by atoms with Crippen molar-refractivity contribution in [2.24, 2.45) is 35.5 Å². The molecule has 12 rings (SSSR count). The minimum absolute atomic E-state index is 0.0994. The Labute approximate surface area is 427 Å². The van der Waals surface area contributed by atoms with E-state index < -0.39 is 23.3 Å². The average Bonchev–Trinajstić information content (AvgIpc) is 3.74. The van der Waals surface area contributed by atoms with Crippen LogP contribution in [0.4, 0.5) is 23.4 Å². The monoisotopic (exact) mass is 1010 g/mol. The molecule has 2 aliphatic carbocycles. The van der Waals surface area contributed by atoms with Gasteiger partial charge in [-0.15, -0.1) is 0 Å². The molecular formula is C55H60ClF4N13. The van der Waals surface area contributed by atoms with E-state index in [1.54, 1.807) is 18.2 Å². The Balaban J connectivity index is 0.000000140. The van der Waals surface area contributed by atoms with Crippen LogP contribution in [0, 0.1) is 72.6 Å². The number of aryl methyl sites for hydroxylation is 2. The predicted molar refractivity (Wildman–Crippen MR) is 275 cm³/mol. The van der Waals surface area contributed by atoms with Gasteiger partial charge in [-0.05, 0) is 136 Å². The Bertz CT molecular complexity index is 3300. The zero-order chi connectivity index (χ0) is 51.6. The third-order valence-corrected chi connectivity index (χ3v) is 15.5. The standard InChI is InChI=1S/C28H30F2N6.C16H16F2N4.C11H14ClN3/c1-15(2)36-17(4)34-28-24(29)5-19(6-26(28)36)21-7-20(31-11-25(21)30)8-27-32-9-18(10-33-27)12-35-13-22-16(3)23(22)14-35;1-8(2)22-9(3)21-16-12(17)4-10(5-14(16)22)11-6-15(19)20-7-13(11)18;1-7-9-5-15(6-10(7)9)4-8-2-13-11(12)14-3-8/h5-7,9-11,15-16,22-23H,8,12-14H2,1-4H3;4-8H,1-3H3,(H2,19,20);2-3,7,9-10H,4-6H2,1H3/t16?,22-,23+;;7?,9-,10+. The van der Waals surface area contributed by atoms with Gasteiger partial charge in [-0.3, -0.25) is 14.8 Å². The van der Waals surface area contributed by atoms with Crippen molar-refractivity contribution < 1.29 is 17.6 Å². The topological polar surface area (TPSA) is 145 Å². The van der Waals surface area contributed by atoms with Crippen molar-refractivity contribution in [3.63, 3.8) is 0 Å². The first-order valence-corrected chi connectivity index (χ1v) is 25.4. The molecule has 73 heavy (non-hydrogen) atoms. The molecule has 2 aromatic carbocycles. The van der Waals surface area contributed by atoms with Gasteiger partial charge in [0.15, 0.2) is 11.6 Å². The number of likely N-dealkylation sites (tertiary alicyclic amines) is 2. The zero-order valence-corrected chi connectivity index (χ0v) is 43.1. The summed E-state index contributed by atoms with van der Waals surface area (Å²) >= 11 is 5.64. The van der Waals surface area contributed by atoms with Crippen LogP contribution in [0.1, 0.15) is 87.9 Å². The number of nitrogen functional groups attached to an aromatic ring is 1. The quantitative estimate of drug-likeness (QED) is 0.103. The van der Waals surface area contributed by atoms with Gasteiger partial charge in [-0.25, -0.2) is 52.4 Å². The number of hydrogen-bond donors (Lipinski definition) is 1. The lowest BCUT2D eigenvalue weighted by Gasteiger charge is -2.18. The molecule has 0 spiro atoms. The minimum Gasteiger partial charge on any atom is -0.384 e. The number of rotatable bonds is 10. The molecule has 8 heterocycles. The molecule has 2 N–H and O–H groups in total. The molecule has 6 aromatic heterocycles. The lowest BCUT2D eigenvalue weighted by molar-refractivity contribution is 0.281. The minimum atomic E-state index is -0.541. The summed E-state index contributed by atoms with van der Waals surface area (Å²) in [6.45, 7) is 23.1. The van der Waals surface area contributed by atoms with E-state index >= 15 is 0 Å². The highest BCUT2D eigenvalue weighted by molar-refractivity contribution is 6.28. The van der Waals surface area contributed by atoms with Crippen molar-refractivity contribution >= 4 is 39.5 Å². The van der Waals surface area contributed by atoms with Gasteiger partial charge in [0.25, 0.3) is 0 Å². The molecule has 18 heteroatoms. The van der Waals surface area contributed by atoms with Crippen LogP contribution < -0.4 is 5.73 Å². The molecule has 4 fully saturated rings. The summed E-state index contributed by atoms with van der Waals surface area (Å²) in [5.74, 6) is 5.76. The van der Waals surface area contributed by atoms with Crippen molar-refractivity contribution in [1.29, 1.82) is 0 Å². The first-order valence-electron chi connectivity index (χ1n) is 25.0. The first-order chi connectivity index (χ1) is 34.9. The summed E-state index contributed by atoms with van der Waals surface area (Å²) in [5, 5.41) is 0.330. The van der Waals surface area contributed by atoms with Crippen molar-refractivity contribution in [2.75, 3.05) is 31.9 Å². The highest BCUT2D eigenvalue weighted by atomic mass is 35.5. The molecule has 4 aliphatic rings. The molecule has 0 radical (unpaired) electrons. The fourth-order valence-electron chi connectivity index (χ4n) is 11.4. The van der Waals surface area contributed by atoms with E-state index in [9.17, 15) is 17.6 Å². The number of benzene rings is 2. The van der Waals surface area contributed by atoms with Crippen LogP contribution in [0.3, 0.4) is 0 Å². The number of hydrogen-bond acceptors (Lipinski definition) is 11. The SMILES string of the molecule is CC1[C@H]2CN(Cc3cnc(Cl)nc3)C[C@@H]12.Cc1nc2c(F)cc(-c3cc(Cc4ncc(CN5C[C@@H]6C(C)[C@@H]6C5)cn4)ncc3F)cc2n1C(C)C.Cc1nc2c(F)cc(-c3cc(N)ncc3F)cc2n1C(C)C. The number of imidazole rings is 2. The summed E-state index contributed by atoms with van der Waals surface area (Å²) in [4.78, 5) is 38.6. The molecule has 13 nitrogen and oxygen atoms in total. The van der Waals surface area contributed by atoms with Crippen LogP contribution in [0.15, 0.2) is 73.6 Å². The fourth-order valence-corrected chi connectivity index (χ4v) is 11.5. The third-order valence-electron chi connectivity index (χ3n) is 15.3. The molecule has 2 unspecified atom stereocenters. The maximum absolute atomic E-state index is 15.0. The largest absolute Gasteiger partial charge is 0.384 e. The summed E-state index contributed by atoms with van der Waals surface area (Å²) in [7, 11) is 0. The highest BCUT2D eigenvalue weighted by Crippen LogP contribution is 2.52. The number of halogens is 5. The summed E-state index contributed by atoms with van der Waals surface area (Å²) in [6.07, 6.45) is 9.99. The smallest absolute Gasteiger partial charge is 0.222 e. The third kappa shape index (κ3) is 10.4. The van der Waals surface area contributed by atoms with E-state index in [4.69, 9.17) is 17.3 Å². The molecule has 2 saturated heterocycles. The Morgan fingerprint density at radius 1 is 0.562 bits per heavy atom. The number of nitrogens with zero attached hydrogens (tertiary/aromatic N) is 12. The van der Waals surface area contributed by atoms with Gasteiger partial charge < -0.3 is 14.9 Å². The van der Waals surface area contributed by atoms with Crippen molar-refractivity contribution in [2.45, 2.75) is 87.0 Å². The van der Waals surface area contributed by atoms with Gasteiger partial charge in [0, 0.05) is 104 Å². The second-order valence-corrected chi connectivity index (χ2v) is 21.3. The zero-order valence-electron chi connectivity index (χ0n) is 42.3. The van der Waals surface area contributed by atoms with E-state index in [-0.39, 0.29) is 29.0 Å². The van der Waals surface area contributed by atoms with Crippen LogP contribution in [0.2, 0.25) is 5.28 Å². The van der Waals surface area contributed by atoms with Crippen molar-refractivity contribution in [1.82, 2.24) is 58.8 Å². The molecule has 2 aliphatic heterocycles. The summed E-state index contributed by atoms with van der Waals surface area (Å²) in [6, 6.07) is 9.43. The molecule has 0 amide bonds. The van der Waals surface area contributed by atoms with Crippen LogP contribution in [0.5, 0.6) is 0 Å². The van der Waals surface area contributed by atoms with Crippen LogP contribution >= 0.6 is 11.6 Å². The first kappa shape index (κ1) is 50.1. The Hall–Kier alpha value is -6.43. The van der Waals surface area contributed by atoms with Gasteiger partial charge in [0.05, 0.1) is 29.8 Å². The molecule has 2 saturated carbocycles. The van der Waals surface area contributed by atoms with Crippen molar-refractivity contribution in [3.05, 3.63) is 136 Å². The van der Waals surface area contributed by atoms with Gasteiger partial charge >= 0.3 is 0 Å². The predicted octanol–water partition coefficient (Wildman–Crippen LogP) is 11.0. The van der Waals surface area contributed by atoms with E-state index in [1.165, 1.54) is 50.6 Å². The Morgan fingerprint density at radius 2 is 0.986 bits per heavy atom. The average molecular weight is 1010 g/mol. The molecular weight excluding hydrogens is 954 g/mol. The molecule has 380 valence electrons. The molecule has 6 atom stereocenters. The highest BCUT2D eigenvalue weighted by Gasteiger charge is 2.53. The number of anilines is 1. The number of nitrogens with two attached hydrogens (primary N) is 1. The van der Waals surface area contributed by atoms with Crippen LogP contribution in [-0.4, -0.2) is 85.0 Å². The van der Waals surface area contributed by atoms with Gasteiger partial charge in [0.2, 0.25) is 5.28 Å². The lowest BCUT2D eigenvalue weighted by atomic mass is 10.0. The van der Waals surface area contributed by atoms with Gasteiger partial charge in [0.1, 0.15) is 46.0 Å². The molecule has 0 bridgehead atoms. The number of fused-ring (bicyclic) bond motifs is 4. The number of piperidine rings is 2. The van der Waals surface area contributed by atoms with Crippen LogP contribution in [0.25, 0.3) is 44.3 Å². The Kier molecular flexibility index (Phi) is 13.8. The molecule has 8 aromatic rings. The second kappa shape index (κ2) is 20.1. The van der Waals surface area contributed by atoms with E-state index in [2.05, 4.69) is 63.5 Å². The van der Waals surface area contributed by atoms with E-state index in [0.29, 0.717) is 56.5 Å². The summed E-state index contributed by atoms with van der Waals surface area (Å²) < 4.78 is 62.1. The maximum atomic E-state index is 15.0. The second-order valence-electron chi connectivity index (χ2n) is 20.9. The maximum Gasteiger partial charge on any atom is 0.222 e. The lowest BCUT2D eigenvalue weighted by Crippen LogP contribution is -2.23. The summed E-state index contributed by atoms with van der Waals surface area (Å²) in [5.41, 5.74) is 11.8. The van der Waals surface area contributed by atoms with E-state index in [0.717, 1.165) is 77.6 Å². The normalized spacial score (nSPS) is 21.1. The van der Waals surface area contributed by atoms with Crippen molar-refractivity contribution in [3.8, 4) is 22.3 Å². The Morgan fingerprint density at radius 3 is 1.44 bits per heavy atom. The number of pyridine rings is 2. The fraction of sp³-hybridized carbons (Fsp3) is 0.418. The van der Waals surface area contributed by atoms with Crippen LogP contribution in [-0.2, 0) is 19.5 Å². The van der Waals surface area contributed by atoms with Gasteiger partial charge in [-0.1, -0.05) is 13.8 Å². The van der Waals surface area contributed by atoms with E-state index in [1.807, 2.05) is 75.5 Å².